The third-order valence-electron chi connectivity index (χ3n) is 4.56. The first-order valence-electron chi connectivity index (χ1n) is 8.67. The monoisotopic (exact) mass is 422 g/mol. The summed E-state index contributed by atoms with van der Waals surface area (Å²) in [6.45, 7) is 4.44. The fourth-order valence-corrected chi connectivity index (χ4v) is 3.57. The maximum absolute atomic E-state index is 14.1. The van der Waals surface area contributed by atoms with Crippen molar-refractivity contribution in [3.05, 3.63) is 34.8 Å². The SMILES string of the molecule is Fc1cc(Br)cnc1N1CCC(Nc2ccnc(N3CCOCC3)n2)C1. The van der Waals surface area contributed by atoms with Crippen LogP contribution in [0.2, 0.25) is 0 Å². The maximum atomic E-state index is 14.1. The van der Waals surface area contributed by atoms with Gasteiger partial charge in [0, 0.05) is 49.1 Å². The third-order valence-corrected chi connectivity index (χ3v) is 5.00. The molecule has 2 aliphatic rings. The molecular weight excluding hydrogens is 403 g/mol. The van der Waals surface area contributed by atoms with Crippen LogP contribution in [-0.2, 0) is 4.74 Å². The van der Waals surface area contributed by atoms with Gasteiger partial charge in [-0.05, 0) is 34.5 Å². The first-order valence-corrected chi connectivity index (χ1v) is 9.46. The minimum absolute atomic E-state index is 0.187. The van der Waals surface area contributed by atoms with E-state index in [0.29, 0.717) is 36.0 Å². The zero-order valence-corrected chi connectivity index (χ0v) is 15.8. The molecule has 2 aliphatic heterocycles. The smallest absolute Gasteiger partial charge is 0.227 e. The van der Waals surface area contributed by atoms with Gasteiger partial charge in [0.05, 0.1) is 13.2 Å². The van der Waals surface area contributed by atoms with Gasteiger partial charge in [-0.1, -0.05) is 0 Å². The van der Waals surface area contributed by atoms with Crippen molar-refractivity contribution in [3.63, 3.8) is 0 Å². The Morgan fingerprint density at radius 2 is 2.04 bits per heavy atom. The molecule has 0 spiro atoms. The van der Waals surface area contributed by atoms with Crippen molar-refractivity contribution >= 4 is 33.5 Å². The number of hydrogen-bond donors (Lipinski definition) is 1. The summed E-state index contributed by atoms with van der Waals surface area (Å²) < 4.78 is 20.1. The average molecular weight is 423 g/mol. The second-order valence-electron chi connectivity index (χ2n) is 6.38. The Kier molecular flexibility index (Phi) is 5.16. The Balaban J connectivity index is 1.40. The lowest BCUT2D eigenvalue weighted by molar-refractivity contribution is 0.122. The first kappa shape index (κ1) is 17.4. The summed E-state index contributed by atoms with van der Waals surface area (Å²) in [5, 5.41) is 3.44. The topological polar surface area (TPSA) is 66.4 Å². The van der Waals surface area contributed by atoms with Crippen LogP contribution >= 0.6 is 15.9 Å². The molecule has 1 unspecified atom stereocenters. The van der Waals surface area contributed by atoms with Gasteiger partial charge in [-0.15, -0.1) is 0 Å². The van der Waals surface area contributed by atoms with E-state index in [0.717, 1.165) is 31.9 Å². The van der Waals surface area contributed by atoms with Crippen molar-refractivity contribution in [2.24, 2.45) is 0 Å². The zero-order valence-electron chi connectivity index (χ0n) is 14.2. The van der Waals surface area contributed by atoms with Crippen LogP contribution in [0.1, 0.15) is 6.42 Å². The molecule has 0 amide bonds. The molecule has 4 rings (SSSR count). The highest BCUT2D eigenvalue weighted by Crippen LogP contribution is 2.25. The Morgan fingerprint density at radius 1 is 1.19 bits per heavy atom. The highest BCUT2D eigenvalue weighted by molar-refractivity contribution is 9.10. The summed E-state index contributed by atoms with van der Waals surface area (Å²) in [7, 11) is 0. The summed E-state index contributed by atoms with van der Waals surface area (Å²) >= 11 is 3.24. The van der Waals surface area contributed by atoms with Crippen LogP contribution in [0.15, 0.2) is 29.0 Å². The summed E-state index contributed by atoms with van der Waals surface area (Å²) in [4.78, 5) is 17.3. The van der Waals surface area contributed by atoms with E-state index in [1.807, 2.05) is 11.0 Å². The number of anilines is 3. The van der Waals surface area contributed by atoms with Crippen molar-refractivity contribution in [2.75, 3.05) is 54.5 Å². The van der Waals surface area contributed by atoms with Gasteiger partial charge in [-0.25, -0.2) is 14.4 Å². The van der Waals surface area contributed by atoms with Crippen molar-refractivity contribution in [1.82, 2.24) is 15.0 Å². The second kappa shape index (κ2) is 7.71. The van der Waals surface area contributed by atoms with Gasteiger partial charge < -0.3 is 19.9 Å². The van der Waals surface area contributed by atoms with Crippen LogP contribution in [0.5, 0.6) is 0 Å². The van der Waals surface area contributed by atoms with Crippen LogP contribution in [-0.4, -0.2) is 60.4 Å². The van der Waals surface area contributed by atoms with Gasteiger partial charge in [0.1, 0.15) is 5.82 Å². The molecule has 2 aromatic rings. The van der Waals surface area contributed by atoms with Crippen LogP contribution in [0.4, 0.5) is 22.0 Å². The third kappa shape index (κ3) is 3.88. The summed E-state index contributed by atoms with van der Waals surface area (Å²) in [6, 6.07) is 3.50. The number of nitrogens with one attached hydrogen (secondary N) is 1. The van der Waals surface area contributed by atoms with Gasteiger partial charge in [-0.3, -0.25) is 0 Å². The molecule has 0 bridgehead atoms. The first-order chi connectivity index (χ1) is 12.7. The molecule has 1 atom stereocenters. The molecule has 2 saturated heterocycles. The van der Waals surface area contributed by atoms with Gasteiger partial charge in [-0.2, -0.15) is 4.98 Å². The fraction of sp³-hybridized carbons (Fsp3) is 0.471. The molecule has 9 heteroatoms. The molecule has 2 fully saturated rings. The number of rotatable bonds is 4. The highest BCUT2D eigenvalue weighted by Gasteiger charge is 2.26. The predicted octanol–water partition coefficient (Wildman–Crippen LogP) is 2.30. The lowest BCUT2D eigenvalue weighted by Gasteiger charge is -2.27. The zero-order chi connectivity index (χ0) is 17.9. The fourth-order valence-electron chi connectivity index (χ4n) is 3.26. The van der Waals surface area contributed by atoms with Crippen LogP contribution in [0.3, 0.4) is 0 Å². The molecule has 0 radical (unpaired) electrons. The summed E-state index contributed by atoms with van der Waals surface area (Å²) in [6.07, 6.45) is 4.29. The molecule has 0 aliphatic carbocycles. The largest absolute Gasteiger partial charge is 0.378 e. The Labute approximate surface area is 159 Å². The van der Waals surface area contributed by atoms with Crippen LogP contribution in [0.25, 0.3) is 0 Å². The van der Waals surface area contributed by atoms with Crippen molar-refractivity contribution in [1.29, 1.82) is 0 Å². The lowest BCUT2D eigenvalue weighted by Crippen LogP contribution is -2.37. The number of halogens is 2. The van der Waals surface area contributed by atoms with E-state index < -0.39 is 0 Å². The number of nitrogens with zero attached hydrogens (tertiary/aromatic N) is 5. The minimum Gasteiger partial charge on any atom is -0.378 e. The molecule has 138 valence electrons. The van der Waals surface area contributed by atoms with Gasteiger partial charge in [0.2, 0.25) is 5.95 Å². The molecule has 0 saturated carbocycles. The number of morpholine rings is 1. The number of pyridine rings is 1. The number of hydrogen-bond acceptors (Lipinski definition) is 7. The van der Waals surface area contributed by atoms with Gasteiger partial charge in [0.15, 0.2) is 11.6 Å². The van der Waals surface area contributed by atoms with E-state index in [1.165, 1.54) is 6.07 Å². The van der Waals surface area contributed by atoms with E-state index >= 15 is 0 Å². The van der Waals surface area contributed by atoms with E-state index in [2.05, 4.69) is 41.1 Å². The van der Waals surface area contributed by atoms with E-state index in [4.69, 9.17) is 4.74 Å². The molecule has 26 heavy (non-hydrogen) atoms. The van der Waals surface area contributed by atoms with E-state index in [-0.39, 0.29) is 11.9 Å². The Bertz CT molecular complexity index is 773. The van der Waals surface area contributed by atoms with Crippen molar-refractivity contribution in [3.8, 4) is 0 Å². The summed E-state index contributed by atoms with van der Waals surface area (Å²) in [5.41, 5.74) is 0. The molecule has 0 aromatic carbocycles. The average Bonchev–Trinajstić information content (AvgIpc) is 3.11. The molecular formula is C17H20BrFN6O. The van der Waals surface area contributed by atoms with E-state index in [9.17, 15) is 4.39 Å². The Hall–Kier alpha value is -2.00. The summed E-state index contributed by atoms with van der Waals surface area (Å²) in [5.74, 6) is 1.59. The normalized spacial score (nSPS) is 20.5. The molecule has 4 heterocycles. The van der Waals surface area contributed by atoms with Gasteiger partial charge in [0.25, 0.3) is 0 Å². The van der Waals surface area contributed by atoms with Crippen molar-refractivity contribution in [2.45, 2.75) is 12.5 Å². The minimum atomic E-state index is -0.309. The lowest BCUT2D eigenvalue weighted by atomic mass is 10.2. The molecule has 1 N–H and O–H groups in total. The molecule has 2 aromatic heterocycles. The maximum Gasteiger partial charge on any atom is 0.227 e. The van der Waals surface area contributed by atoms with Crippen LogP contribution < -0.4 is 15.1 Å². The second-order valence-corrected chi connectivity index (χ2v) is 7.29. The van der Waals surface area contributed by atoms with Crippen LogP contribution in [0, 0.1) is 5.82 Å². The number of ether oxygens (including phenoxy) is 1. The van der Waals surface area contributed by atoms with E-state index in [1.54, 1.807) is 12.4 Å². The quantitative estimate of drug-likeness (QED) is 0.810. The highest BCUT2D eigenvalue weighted by atomic mass is 79.9. The van der Waals surface area contributed by atoms with Crippen molar-refractivity contribution < 1.29 is 9.13 Å². The number of aromatic nitrogens is 3. The van der Waals surface area contributed by atoms with Gasteiger partial charge >= 0.3 is 0 Å². The predicted molar refractivity (Wildman–Crippen MR) is 101 cm³/mol. The standard InChI is InChI=1S/C17H20BrFN6O/c18-12-9-14(19)16(21-10-12)25-4-2-13(11-25)22-15-1-3-20-17(23-15)24-5-7-26-8-6-24/h1,3,9-10,13H,2,4-8,11H2,(H,20,22,23). The molecule has 7 nitrogen and oxygen atoms in total. The Morgan fingerprint density at radius 3 is 2.85 bits per heavy atom.